The molecule has 0 aliphatic rings. The number of pyridine rings is 1. The molecule has 0 aliphatic carbocycles. The molecule has 1 aromatic heterocycles. The van der Waals surface area contributed by atoms with Gasteiger partial charge in [-0.15, -0.1) is 0 Å². The van der Waals surface area contributed by atoms with Crippen molar-refractivity contribution in [1.29, 1.82) is 0 Å². The second kappa shape index (κ2) is 6.41. The topological polar surface area (TPSA) is 47.0 Å². The predicted octanol–water partition coefficient (Wildman–Crippen LogP) is 4.30. The van der Waals surface area contributed by atoms with E-state index >= 15 is 0 Å². The Balaban J connectivity index is 2.38. The Hall–Kier alpha value is -1.65. The monoisotopic (exact) mass is 321 g/mol. The molecule has 1 aromatic carbocycles. The molecule has 0 fully saturated rings. The molecule has 0 radical (unpaired) electrons. The van der Waals surface area contributed by atoms with Crippen molar-refractivity contribution < 1.29 is 8.42 Å². The molecule has 110 valence electrons. The SMILES string of the molecule is CC(C)c1cc(Cl)cc(S(=O)(=O)/C=C/c2cccnc2)c1. The first-order valence-electron chi connectivity index (χ1n) is 6.52. The summed E-state index contributed by atoms with van der Waals surface area (Å²) in [5.74, 6) is 0.208. The molecule has 3 nitrogen and oxygen atoms in total. The zero-order chi connectivity index (χ0) is 15.5. The number of nitrogens with zero attached hydrogens (tertiary/aromatic N) is 1. The summed E-state index contributed by atoms with van der Waals surface area (Å²) in [6, 6.07) is 8.46. The minimum absolute atomic E-state index is 0.207. The van der Waals surface area contributed by atoms with Gasteiger partial charge in [0.1, 0.15) is 0 Å². The molecule has 5 heteroatoms. The van der Waals surface area contributed by atoms with Crippen molar-refractivity contribution in [3.05, 3.63) is 64.3 Å². The maximum Gasteiger partial charge on any atom is 0.199 e. The lowest BCUT2D eigenvalue weighted by atomic mass is 10.0. The molecule has 1 heterocycles. The first kappa shape index (κ1) is 15.7. The van der Waals surface area contributed by atoms with E-state index in [0.717, 1.165) is 11.1 Å². The summed E-state index contributed by atoms with van der Waals surface area (Å²) in [4.78, 5) is 4.15. The van der Waals surface area contributed by atoms with Gasteiger partial charge >= 0.3 is 0 Å². The predicted molar refractivity (Wildman–Crippen MR) is 86.0 cm³/mol. The second-order valence-corrected chi connectivity index (χ2v) is 7.28. The van der Waals surface area contributed by atoms with E-state index in [9.17, 15) is 8.42 Å². The first-order chi connectivity index (χ1) is 9.88. The van der Waals surface area contributed by atoms with Crippen LogP contribution in [0, 0.1) is 0 Å². The summed E-state index contributed by atoms with van der Waals surface area (Å²) >= 11 is 6.02. The lowest BCUT2D eigenvalue weighted by molar-refractivity contribution is 0.604. The molecular weight excluding hydrogens is 306 g/mol. The van der Waals surface area contributed by atoms with Crippen LogP contribution in [0.1, 0.15) is 30.9 Å². The van der Waals surface area contributed by atoms with Gasteiger partial charge in [-0.1, -0.05) is 31.5 Å². The fourth-order valence-corrected chi connectivity index (χ4v) is 3.20. The molecule has 0 atom stereocenters. The third-order valence-corrected chi connectivity index (χ3v) is 4.62. The zero-order valence-electron chi connectivity index (χ0n) is 11.8. The lowest BCUT2D eigenvalue weighted by Crippen LogP contribution is -1.99. The maximum atomic E-state index is 12.4. The van der Waals surface area contributed by atoms with Crippen LogP contribution in [-0.2, 0) is 9.84 Å². The molecule has 0 aliphatic heterocycles. The smallest absolute Gasteiger partial charge is 0.199 e. The molecule has 2 aromatic rings. The van der Waals surface area contributed by atoms with Crippen LogP contribution in [0.25, 0.3) is 6.08 Å². The fourth-order valence-electron chi connectivity index (χ4n) is 1.80. The Bertz CT molecular complexity index is 753. The molecular formula is C16H16ClNO2S. The Morgan fingerprint density at radius 2 is 2.00 bits per heavy atom. The fraction of sp³-hybridized carbons (Fsp3) is 0.188. The van der Waals surface area contributed by atoms with Gasteiger partial charge in [-0.2, -0.15) is 0 Å². The highest BCUT2D eigenvalue weighted by Gasteiger charge is 2.13. The van der Waals surface area contributed by atoms with Crippen molar-refractivity contribution in [2.75, 3.05) is 0 Å². The number of benzene rings is 1. The number of sulfone groups is 1. The van der Waals surface area contributed by atoms with Crippen LogP contribution >= 0.6 is 11.6 Å². The molecule has 0 spiro atoms. The summed E-state index contributed by atoms with van der Waals surface area (Å²) in [6.07, 6.45) is 4.76. The second-order valence-electron chi connectivity index (χ2n) is 5.01. The van der Waals surface area contributed by atoms with Crippen molar-refractivity contribution in [1.82, 2.24) is 4.98 Å². The van der Waals surface area contributed by atoms with E-state index in [1.807, 2.05) is 13.8 Å². The lowest BCUT2D eigenvalue weighted by Gasteiger charge is -2.08. The number of hydrogen-bond donors (Lipinski definition) is 0. The standard InChI is InChI=1S/C16H16ClNO2S/c1-12(2)14-8-15(17)10-16(9-14)21(19,20)7-5-13-4-3-6-18-11-13/h3-12H,1-2H3/b7-5+. The van der Waals surface area contributed by atoms with Gasteiger partial charge in [-0.25, -0.2) is 8.42 Å². The Morgan fingerprint density at radius 1 is 1.24 bits per heavy atom. The Kier molecular flexibility index (Phi) is 4.80. The highest BCUT2D eigenvalue weighted by molar-refractivity contribution is 7.94. The van der Waals surface area contributed by atoms with Crippen LogP contribution in [0.4, 0.5) is 0 Å². The number of aromatic nitrogens is 1. The average Bonchev–Trinajstić information content (AvgIpc) is 2.45. The summed E-state index contributed by atoms with van der Waals surface area (Å²) < 4.78 is 24.7. The highest BCUT2D eigenvalue weighted by Crippen LogP contribution is 2.25. The Labute approximate surface area is 130 Å². The molecule has 0 amide bonds. The van der Waals surface area contributed by atoms with Gasteiger partial charge in [0, 0.05) is 22.8 Å². The van der Waals surface area contributed by atoms with Crippen molar-refractivity contribution in [2.45, 2.75) is 24.7 Å². The van der Waals surface area contributed by atoms with E-state index < -0.39 is 9.84 Å². The van der Waals surface area contributed by atoms with Gasteiger partial charge in [0.15, 0.2) is 9.84 Å². The van der Waals surface area contributed by atoms with Gasteiger partial charge in [0.05, 0.1) is 4.90 Å². The average molecular weight is 322 g/mol. The molecule has 0 bridgehead atoms. The minimum atomic E-state index is -3.53. The van der Waals surface area contributed by atoms with Crippen LogP contribution in [0.15, 0.2) is 53.0 Å². The van der Waals surface area contributed by atoms with Gasteiger partial charge in [0.25, 0.3) is 0 Å². The minimum Gasteiger partial charge on any atom is -0.264 e. The molecule has 0 saturated carbocycles. The number of rotatable bonds is 4. The molecule has 0 unspecified atom stereocenters. The summed E-state index contributed by atoms with van der Waals surface area (Å²) in [5.41, 5.74) is 1.63. The molecule has 0 saturated heterocycles. The van der Waals surface area contributed by atoms with Crippen molar-refractivity contribution in [3.63, 3.8) is 0 Å². The third kappa shape index (κ3) is 4.16. The maximum absolute atomic E-state index is 12.4. The largest absolute Gasteiger partial charge is 0.264 e. The van der Waals surface area contributed by atoms with Crippen LogP contribution in [0.2, 0.25) is 5.02 Å². The van der Waals surface area contributed by atoms with E-state index in [1.54, 1.807) is 36.7 Å². The van der Waals surface area contributed by atoms with Gasteiger partial charge in [-0.3, -0.25) is 4.98 Å². The molecule has 2 rings (SSSR count). The van der Waals surface area contributed by atoms with Gasteiger partial charge in [-0.05, 0) is 47.4 Å². The quantitative estimate of drug-likeness (QED) is 0.843. The van der Waals surface area contributed by atoms with Crippen molar-refractivity contribution in [2.24, 2.45) is 0 Å². The van der Waals surface area contributed by atoms with Gasteiger partial charge in [0.2, 0.25) is 0 Å². The van der Waals surface area contributed by atoms with Crippen LogP contribution < -0.4 is 0 Å². The van der Waals surface area contributed by atoms with E-state index in [0.29, 0.717) is 5.02 Å². The summed E-state index contributed by atoms with van der Waals surface area (Å²) in [7, 11) is -3.53. The Morgan fingerprint density at radius 3 is 2.62 bits per heavy atom. The summed E-state index contributed by atoms with van der Waals surface area (Å²) in [6.45, 7) is 3.99. The first-order valence-corrected chi connectivity index (χ1v) is 8.44. The molecule has 21 heavy (non-hydrogen) atoms. The molecule has 0 N–H and O–H groups in total. The number of hydrogen-bond acceptors (Lipinski definition) is 3. The van der Waals surface area contributed by atoms with Crippen LogP contribution in [0.3, 0.4) is 0 Å². The van der Waals surface area contributed by atoms with E-state index in [-0.39, 0.29) is 10.8 Å². The van der Waals surface area contributed by atoms with Gasteiger partial charge < -0.3 is 0 Å². The van der Waals surface area contributed by atoms with E-state index in [4.69, 9.17) is 11.6 Å². The van der Waals surface area contributed by atoms with Crippen molar-refractivity contribution in [3.8, 4) is 0 Å². The third-order valence-electron chi connectivity index (χ3n) is 3.01. The highest BCUT2D eigenvalue weighted by atomic mass is 35.5. The zero-order valence-corrected chi connectivity index (χ0v) is 13.4. The van der Waals surface area contributed by atoms with Crippen molar-refractivity contribution >= 4 is 27.5 Å². The normalized spacial score (nSPS) is 12.2. The van der Waals surface area contributed by atoms with Crippen LogP contribution in [0.5, 0.6) is 0 Å². The van der Waals surface area contributed by atoms with E-state index in [2.05, 4.69) is 4.98 Å². The van der Waals surface area contributed by atoms with E-state index in [1.165, 1.54) is 17.6 Å². The number of halogens is 1. The summed E-state index contributed by atoms with van der Waals surface area (Å²) in [5, 5.41) is 1.61. The van der Waals surface area contributed by atoms with Crippen LogP contribution in [-0.4, -0.2) is 13.4 Å².